The van der Waals surface area contributed by atoms with Crippen molar-refractivity contribution in [2.45, 2.75) is 37.4 Å². The highest BCUT2D eigenvalue weighted by molar-refractivity contribution is 9.09. The number of nitrogens with one attached hydrogen (secondary N) is 2. The first-order valence-corrected chi connectivity index (χ1v) is 16.6. The van der Waals surface area contributed by atoms with E-state index in [9.17, 15) is 9.59 Å². The summed E-state index contributed by atoms with van der Waals surface area (Å²) in [4.78, 5) is 22.8. The van der Waals surface area contributed by atoms with E-state index in [4.69, 9.17) is 28.4 Å². The van der Waals surface area contributed by atoms with Crippen molar-refractivity contribution in [2.24, 2.45) is 0 Å². The van der Waals surface area contributed by atoms with E-state index in [2.05, 4.69) is 26.6 Å². The van der Waals surface area contributed by atoms with Crippen LogP contribution in [0, 0.1) is 0 Å². The van der Waals surface area contributed by atoms with Gasteiger partial charge in [-0.2, -0.15) is 0 Å². The Bertz CT molecular complexity index is 549. The molecule has 1 aliphatic rings. The second kappa shape index (κ2) is 27.4. The topological polar surface area (TPSA) is 114 Å². The van der Waals surface area contributed by atoms with Gasteiger partial charge in [0.05, 0.1) is 84.6 Å². The minimum absolute atomic E-state index is 0.0539. The molecule has 0 aliphatic carbocycles. The monoisotopic (exact) mass is 632 g/mol. The Labute approximate surface area is 238 Å². The fraction of sp³-hybridized carbons (Fsp3) is 0.917. The molecule has 0 saturated carbocycles. The molecule has 1 saturated heterocycles. The molecule has 10 nitrogen and oxygen atoms in total. The number of ether oxygens (including phenoxy) is 6. The van der Waals surface area contributed by atoms with Crippen molar-refractivity contribution in [1.29, 1.82) is 0 Å². The SMILES string of the molecule is O=C(CBr)NCCOCCOCCOCCOCCOCCOCCNC(=O)CCCCC1CCSS1. The quantitative estimate of drug-likeness (QED) is 0.0795. The van der Waals surface area contributed by atoms with Crippen molar-refractivity contribution in [2.75, 3.05) is 103 Å². The van der Waals surface area contributed by atoms with Gasteiger partial charge in [-0.05, 0) is 19.3 Å². The maximum atomic E-state index is 11.8. The average Bonchev–Trinajstić information content (AvgIpc) is 3.43. The molecule has 13 heteroatoms. The first kappa shape index (κ1) is 34.9. The molecule has 2 amide bonds. The summed E-state index contributed by atoms with van der Waals surface area (Å²) in [7, 11) is 3.97. The fourth-order valence-corrected chi connectivity index (χ4v) is 6.31. The van der Waals surface area contributed by atoms with Crippen LogP contribution in [-0.2, 0) is 38.0 Å². The lowest BCUT2D eigenvalue weighted by Crippen LogP contribution is -2.28. The molecule has 37 heavy (non-hydrogen) atoms. The highest BCUT2D eigenvalue weighted by atomic mass is 79.9. The normalized spacial score (nSPS) is 15.2. The zero-order valence-electron chi connectivity index (χ0n) is 21.9. The number of hydrogen-bond acceptors (Lipinski definition) is 10. The predicted molar refractivity (Wildman–Crippen MR) is 152 cm³/mol. The van der Waals surface area contributed by atoms with E-state index in [0.29, 0.717) is 104 Å². The number of halogens is 1. The Morgan fingerprint density at radius 1 is 0.676 bits per heavy atom. The molecule has 1 rings (SSSR count). The van der Waals surface area contributed by atoms with Gasteiger partial charge in [0.15, 0.2) is 0 Å². The molecule has 1 fully saturated rings. The summed E-state index contributed by atoms with van der Waals surface area (Å²) in [6.45, 7) is 6.94. The van der Waals surface area contributed by atoms with Crippen molar-refractivity contribution in [3.63, 3.8) is 0 Å². The van der Waals surface area contributed by atoms with Gasteiger partial charge < -0.3 is 39.1 Å². The number of unbranched alkanes of at least 4 members (excludes halogenated alkanes) is 1. The van der Waals surface area contributed by atoms with Gasteiger partial charge in [-0.25, -0.2) is 0 Å². The highest BCUT2D eigenvalue weighted by Crippen LogP contribution is 2.39. The highest BCUT2D eigenvalue weighted by Gasteiger charge is 2.15. The Balaban J connectivity index is 1.66. The molecule has 1 unspecified atom stereocenters. The van der Waals surface area contributed by atoms with Crippen LogP contribution in [0.5, 0.6) is 0 Å². The number of carbonyl (C=O) groups excluding carboxylic acids is 2. The van der Waals surface area contributed by atoms with E-state index in [1.165, 1.54) is 18.6 Å². The zero-order chi connectivity index (χ0) is 26.7. The van der Waals surface area contributed by atoms with Crippen LogP contribution in [0.1, 0.15) is 32.1 Å². The van der Waals surface area contributed by atoms with E-state index >= 15 is 0 Å². The Morgan fingerprint density at radius 2 is 1.14 bits per heavy atom. The smallest absolute Gasteiger partial charge is 0.230 e. The molecule has 0 aromatic carbocycles. The van der Waals surface area contributed by atoms with Crippen LogP contribution >= 0.6 is 37.5 Å². The lowest BCUT2D eigenvalue weighted by molar-refractivity contribution is -0.121. The molecule has 2 N–H and O–H groups in total. The first-order valence-electron chi connectivity index (χ1n) is 13.1. The number of hydrogen-bond donors (Lipinski definition) is 2. The summed E-state index contributed by atoms with van der Waals surface area (Å²) in [5.74, 6) is 1.32. The van der Waals surface area contributed by atoms with Crippen molar-refractivity contribution >= 4 is 49.3 Å². The summed E-state index contributed by atoms with van der Waals surface area (Å²) in [5, 5.41) is 6.69. The van der Waals surface area contributed by atoms with Crippen molar-refractivity contribution in [3.05, 3.63) is 0 Å². The third-order valence-electron chi connectivity index (χ3n) is 5.03. The van der Waals surface area contributed by atoms with E-state index < -0.39 is 0 Å². The molecule has 1 heterocycles. The van der Waals surface area contributed by atoms with Gasteiger partial charge in [0.2, 0.25) is 11.8 Å². The summed E-state index contributed by atoms with van der Waals surface area (Å²) in [5.41, 5.74) is 0. The molecule has 0 aromatic heterocycles. The van der Waals surface area contributed by atoms with Crippen LogP contribution in [0.25, 0.3) is 0 Å². The Hall–Kier alpha value is -0.120. The van der Waals surface area contributed by atoms with E-state index in [1.54, 1.807) is 0 Å². The molecule has 0 radical (unpaired) electrons. The van der Waals surface area contributed by atoms with E-state index in [0.717, 1.165) is 18.1 Å². The molecular weight excluding hydrogens is 588 g/mol. The van der Waals surface area contributed by atoms with Crippen molar-refractivity contribution in [3.8, 4) is 0 Å². The Morgan fingerprint density at radius 3 is 1.57 bits per heavy atom. The number of alkyl halides is 1. The average molecular weight is 634 g/mol. The van der Waals surface area contributed by atoms with Crippen LogP contribution in [0.4, 0.5) is 0 Å². The van der Waals surface area contributed by atoms with Crippen LogP contribution < -0.4 is 10.6 Å². The van der Waals surface area contributed by atoms with Crippen LogP contribution in [0.15, 0.2) is 0 Å². The maximum absolute atomic E-state index is 11.8. The standard InChI is InChI=1S/C24H45BrN2O8S2/c25-21-24(29)27-7-9-31-11-13-33-15-17-35-19-18-34-16-14-32-12-10-30-8-6-26-23(28)4-2-1-3-22-5-20-36-37-22/h22H,1-21H2,(H,26,28)(H,27,29). The number of rotatable bonds is 27. The van der Waals surface area contributed by atoms with Crippen molar-refractivity contribution in [1.82, 2.24) is 10.6 Å². The minimum Gasteiger partial charge on any atom is -0.377 e. The molecule has 0 spiro atoms. The van der Waals surface area contributed by atoms with Gasteiger partial charge in [0.25, 0.3) is 0 Å². The summed E-state index contributed by atoms with van der Waals surface area (Å²) in [6.07, 6.45) is 5.23. The lowest BCUT2D eigenvalue weighted by Gasteiger charge is -2.09. The molecule has 1 aliphatic heterocycles. The summed E-state index contributed by atoms with van der Waals surface area (Å²) < 4.78 is 32.5. The van der Waals surface area contributed by atoms with Gasteiger partial charge in [0, 0.05) is 30.5 Å². The maximum Gasteiger partial charge on any atom is 0.230 e. The minimum atomic E-state index is -0.0539. The van der Waals surface area contributed by atoms with E-state index in [-0.39, 0.29) is 11.8 Å². The fourth-order valence-electron chi connectivity index (χ4n) is 3.08. The largest absolute Gasteiger partial charge is 0.377 e. The Kier molecular flexibility index (Phi) is 25.9. The van der Waals surface area contributed by atoms with Crippen LogP contribution in [0.2, 0.25) is 0 Å². The van der Waals surface area contributed by atoms with Crippen LogP contribution in [-0.4, -0.2) is 121 Å². The molecular formula is C24H45BrN2O8S2. The van der Waals surface area contributed by atoms with E-state index in [1.807, 2.05) is 21.6 Å². The van der Waals surface area contributed by atoms with Crippen molar-refractivity contribution < 1.29 is 38.0 Å². The zero-order valence-corrected chi connectivity index (χ0v) is 25.1. The van der Waals surface area contributed by atoms with Gasteiger partial charge >= 0.3 is 0 Å². The second-order valence-electron chi connectivity index (χ2n) is 8.08. The van der Waals surface area contributed by atoms with Crippen LogP contribution in [0.3, 0.4) is 0 Å². The second-order valence-corrected chi connectivity index (χ2v) is 11.4. The number of carbonyl (C=O) groups is 2. The van der Waals surface area contributed by atoms with Gasteiger partial charge in [-0.1, -0.05) is 43.9 Å². The molecule has 0 bridgehead atoms. The summed E-state index contributed by atoms with van der Waals surface area (Å²) in [6, 6.07) is 0. The predicted octanol–water partition coefficient (Wildman–Crippen LogP) is 2.43. The van der Waals surface area contributed by atoms with Gasteiger partial charge in [-0.15, -0.1) is 0 Å². The van der Waals surface area contributed by atoms with Gasteiger partial charge in [0.1, 0.15) is 0 Å². The van der Waals surface area contributed by atoms with Gasteiger partial charge in [-0.3, -0.25) is 9.59 Å². The third kappa shape index (κ3) is 24.6. The molecule has 218 valence electrons. The first-order chi connectivity index (χ1) is 18.2. The third-order valence-corrected chi connectivity index (χ3v) is 8.54. The molecule has 1 atom stereocenters. The molecule has 0 aromatic rings. The summed E-state index contributed by atoms with van der Waals surface area (Å²) >= 11 is 3.08. The lowest BCUT2D eigenvalue weighted by atomic mass is 10.1. The number of amides is 2.